The molecule has 0 aromatic heterocycles. The summed E-state index contributed by atoms with van der Waals surface area (Å²) in [6.07, 6.45) is 2.94. The Morgan fingerprint density at radius 2 is 1.92 bits per heavy atom. The van der Waals surface area contributed by atoms with Crippen molar-refractivity contribution in [1.29, 1.82) is 0 Å². The van der Waals surface area contributed by atoms with Gasteiger partial charge >= 0.3 is 0 Å². The Kier molecular flexibility index (Phi) is 7.62. The van der Waals surface area contributed by atoms with Crippen LogP contribution in [0.15, 0.2) is 28.7 Å². The highest BCUT2D eigenvalue weighted by Gasteiger charge is 2.28. The fourth-order valence-corrected chi connectivity index (χ4v) is 3.23. The molecule has 1 atom stereocenters. The lowest BCUT2D eigenvalue weighted by molar-refractivity contribution is -0.135. The second-order valence-electron chi connectivity index (χ2n) is 6.40. The zero-order valence-corrected chi connectivity index (χ0v) is 16.2. The average Bonchev–Trinajstić information content (AvgIpc) is 2.64. The van der Waals surface area contributed by atoms with Crippen molar-refractivity contribution < 1.29 is 14.4 Å². The molecule has 1 unspecified atom stereocenters. The minimum Gasteiger partial charge on any atom is -0.356 e. The second-order valence-corrected chi connectivity index (χ2v) is 7.32. The Balaban J connectivity index is 1.82. The molecule has 0 aliphatic carbocycles. The maximum Gasteiger partial charge on any atom is 0.224 e. The number of carbonyl (C=O) groups excluding carboxylic acids is 3. The SMILES string of the molecule is CCCNC(=O)C1CCCN(C(=O)CCC(=O)c2ccc(Br)cc2)C1. The van der Waals surface area contributed by atoms with Gasteiger partial charge in [-0.1, -0.05) is 35.0 Å². The molecular formula is C19H25BrN2O3. The number of likely N-dealkylation sites (tertiary alicyclic amines) is 1. The molecule has 1 N–H and O–H groups in total. The number of hydrogen-bond acceptors (Lipinski definition) is 3. The summed E-state index contributed by atoms with van der Waals surface area (Å²) in [5.41, 5.74) is 0.617. The summed E-state index contributed by atoms with van der Waals surface area (Å²) >= 11 is 3.34. The molecule has 5 nitrogen and oxygen atoms in total. The molecule has 1 aliphatic heterocycles. The molecule has 1 aromatic carbocycles. The van der Waals surface area contributed by atoms with Gasteiger partial charge in [-0.3, -0.25) is 14.4 Å². The number of ketones is 1. The van der Waals surface area contributed by atoms with Crippen molar-refractivity contribution in [2.45, 2.75) is 39.0 Å². The molecular weight excluding hydrogens is 384 g/mol. The van der Waals surface area contributed by atoms with E-state index in [2.05, 4.69) is 21.2 Å². The van der Waals surface area contributed by atoms with Crippen LogP contribution in [0.5, 0.6) is 0 Å². The van der Waals surface area contributed by atoms with Crippen LogP contribution in [0.1, 0.15) is 49.4 Å². The molecule has 1 saturated heterocycles. The third-order valence-electron chi connectivity index (χ3n) is 4.43. The summed E-state index contributed by atoms with van der Waals surface area (Å²) in [6.45, 7) is 3.81. The lowest BCUT2D eigenvalue weighted by Gasteiger charge is -2.32. The van der Waals surface area contributed by atoms with Crippen LogP contribution < -0.4 is 5.32 Å². The summed E-state index contributed by atoms with van der Waals surface area (Å²) in [7, 11) is 0. The highest BCUT2D eigenvalue weighted by Crippen LogP contribution is 2.18. The molecule has 1 aromatic rings. The van der Waals surface area contributed by atoms with Crippen molar-refractivity contribution in [1.82, 2.24) is 10.2 Å². The Bertz CT molecular complexity index is 616. The van der Waals surface area contributed by atoms with E-state index in [1.54, 1.807) is 17.0 Å². The first-order valence-corrected chi connectivity index (χ1v) is 9.64. The van der Waals surface area contributed by atoms with E-state index in [9.17, 15) is 14.4 Å². The van der Waals surface area contributed by atoms with Gasteiger partial charge in [0.2, 0.25) is 11.8 Å². The van der Waals surface area contributed by atoms with Gasteiger partial charge in [-0.2, -0.15) is 0 Å². The second kappa shape index (κ2) is 9.70. The first-order valence-electron chi connectivity index (χ1n) is 8.85. The van der Waals surface area contributed by atoms with Crippen LogP contribution in [-0.4, -0.2) is 42.1 Å². The fraction of sp³-hybridized carbons (Fsp3) is 0.526. The van der Waals surface area contributed by atoms with Crippen LogP contribution in [0.25, 0.3) is 0 Å². The Hall–Kier alpha value is -1.69. The van der Waals surface area contributed by atoms with Crippen molar-refractivity contribution in [3.63, 3.8) is 0 Å². The highest BCUT2D eigenvalue weighted by molar-refractivity contribution is 9.10. The van der Waals surface area contributed by atoms with Gasteiger partial charge in [-0.25, -0.2) is 0 Å². The van der Waals surface area contributed by atoms with Crippen molar-refractivity contribution in [3.8, 4) is 0 Å². The minimum atomic E-state index is -0.133. The summed E-state index contributed by atoms with van der Waals surface area (Å²) in [5, 5.41) is 2.90. The van der Waals surface area contributed by atoms with Crippen molar-refractivity contribution >= 4 is 33.5 Å². The molecule has 6 heteroatoms. The first-order chi connectivity index (χ1) is 12.0. The maximum atomic E-state index is 12.4. The molecule has 25 heavy (non-hydrogen) atoms. The molecule has 2 amide bonds. The number of nitrogens with one attached hydrogen (secondary N) is 1. The van der Waals surface area contributed by atoms with Gasteiger partial charge < -0.3 is 10.2 Å². The predicted molar refractivity (Wildman–Crippen MR) is 100 cm³/mol. The van der Waals surface area contributed by atoms with Crippen LogP contribution in [0, 0.1) is 5.92 Å². The molecule has 2 rings (SSSR count). The lowest BCUT2D eigenvalue weighted by atomic mass is 9.96. The molecule has 0 radical (unpaired) electrons. The first kappa shape index (κ1) is 19.6. The van der Waals surface area contributed by atoms with Crippen molar-refractivity contribution in [2.75, 3.05) is 19.6 Å². The van der Waals surface area contributed by atoms with Gasteiger partial charge in [0.15, 0.2) is 5.78 Å². The Morgan fingerprint density at radius 1 is 1.20 bits per heavy atom. The number of amides is 2. The van der Waals surface area contributed by atoms with E-state index < -0.39 is 0 Å². The topological polar surface area (TPSA) is 66.5 Å². The van der Waals surface area contributed by atoms with Crippen LogP contribution in [0.4, 0.5) is 0 Å². The average molecular weight is 409 g/mol. The largest absolute Gasteiger partial charge is 0.356 e. The molecule has 1 fully saturated rings. The number of piperidine rings is 1. The summed E-state index contributed by atoms with van der Waals surface area (Å²) in [6, 6.07) is 7.15. The smallest absolute Gasteiger partial charge is 0.224 e. The van der Waals surface area contributed by atoms with E-state index in [0.29, 0.717) is 25.2 Å². The van der Waals surface area contributed by atoms with Gasteiger partial charge in [0.05, 0.1) is 5.92 Å². The van der Waals surface area contributed by atoms with Crippen LogP contribution in [0.3, 0.4) is 0 Å². The number of rotatable bonds is 7. The molecule has 0 bridgehead atoms. The Morgan fingerprint density at radius 3 is 2.60 bits per heavy atom. The van der Waals surface area contributed by atoms with E-state index in [1.807, 2.05) is 19.1 Å². The zero-order chi connectivity index (χ0) is 18.2. The quantitative estimate of drug-likeness (QED) is 0.704. The number of hydrogen-bond donors (Lipinski definition) is 1. The number of benzene rings is 1. The normalized spacial score (nSPS) is 17.2. The number of carbonyl (C=O) groups is 3. The van der Waals surface area contributed by atoms with E-state index in [-0.39, 0.29) is 36.4 Å². The Labute approximate surface area is 157 Å². The highest BCUT2D eigenvalue weighted by atomic mass is 79.9. The van der Waals surface area contributed by atoms with Crippen molar-refractivity contribution in [3.05, 3.63) is 34.3 Å². The lowest BCUT2D eigenvalue weighted by Crippen LogP contribution is -2.45. The van der Waals surface area contributed by atoms with Gasteiger partial charge in [-0.05, 0) is 31.4 Å². The van der Waals surface area contributed by atoms with Crippen molar-refractivity contribution in [2.24, 2.45) is 5.92 Å². The fourth-order valence-electron chi connectivity index (χ4n) is 2.97. The third kappa shape index (κ3) is 5.96. The predicted octanol–water partition coefficient (Wildman–Crippen LogP) is 3.18. The molecule has 1 aliphatic rings. The maximum absolute atomic E-state index is 12.4. The van der Waals surface area contributed by atoms with E-state index >= 15 is 0 Å². The number of nitrogens with zero attached hydrogens (tertiary/aromatic N) is 1. The van der Waals surface area contributed by atoms with Gasteiger partial charge in [0.1, 0.15) is 0 Å². The summed E-state index contributed by atoms with van der Waals surface area (Å²) in [5.74, 6) is -0.176. The molecule has 0 saturated carbocycles. The number of Topliss-reactive ketones (excluding diaryl/α,β-unsaturated/α-hetero) is 1. The van der Waals surface area contributed by atoms with Gasteiger partial charge in [0.25, 0.3) is 0 Å². The van der Waals surface area contributed by atoms with E-state index in [0.717, 1.165) is 23.7 Å². The van der Waals surface area contributed by atoms with E-state index in [1.165, 1.54) is 0 Å². The van der Waals surface area contributed by atoms with Gasteiger partial charge in [0, 0.05) is 42.5 Å². The summed E-state index contributed by atoms with van der Waals surface area (Å²) in [4.78, 5) is 38.4. The standard InChI is InChI=1S/C19H25BrN2O3/c1-2-11-21-19(25)15-4-3-12-22(13-15)18(24)10-9-17(23)14-5-7-16(20)8-6-14/h5-8,15H,2-4,9-13H2,1H3,(H,21,25). The van der Waals surface area contributed by atoms with E-state index in [4.69, 9.17) is 0 Å². The summed E-state index contributed by atoms with van der Waals surface area (Å²) < 4.78 is 0.917. The van der Waals surface area contributed by atoms with Crippen LogP contribution in [0.2, 0.25) is 0 Å². The number of halogens is 1. The van der Waals surface area contributed by atoms with Gasteiger partial charge in [-0.15, -0.1) is 0 Å². The van der Waals surface area contributed by atoms with Crippen LogP contribution in [-0.2, 0) is 9.59 Å². The molecule has 0 spiro atoms. The monoisotopic (exact) mass is 408 g/mol. The minimum absolute atomic E-state index is 0.0323. The third-order valence-corrected chi connectivity index (χ3v) is 4.95. The molecule has 1 heterocycles. The zero-order valence-electron chi connectivity index (χ0n) is 14.6. The van der Waals surface area contributed by atoms with Crippen LogP contribution >= 0.6 is 15.9 Å². The molecule has 136 valence electrons.